The van der Waals surface area contributed by atoms with E-state index < -0.39 is 5.97 Å². The maximum atomic E-state index is 12.0. The largest absolute Gasteiger partial charge is 0.481 e. The minimum Gasteiger partial charge on any atom is -0.481 e. The predicted octanol–water partition coefficient (Wildman–Crippen LogP) is 1.09. The van der Waals surface area contributed by atoms with Gasteiger partial charge in [0, 0.05) is 24.5 Å². The Kier molecular flexibility index (Phi) is 6.14. The van der Waals surface area contributed by atoms with E-state index in [1.54, 1.807) is 6.20 Å². The Labute approximate surface area is 164 Å². The van der Waals surface area contributed by atoms with Gasteiger partial charge in [0.2, 0.25) is 11.9 Å². The van der Waals surface area contributed by atoms with Crippen LogP contribution >= 0.6 is 0 Å². The second-order valence-corrected chi connectivity index (χ2v) is 8.28. The summed E-state index contributed by atoms with van der Waals surface area (Å²) in [6, 6.07) is 1.56. The summed E-state index contributed by atoms with van der Waals surface area (Å²) in [5.74, 6) is -0.550. The van der Waals surface area contributed by atoms with Gasteiger partial charge in [0.15, 0.2) is 0 Å². The first-order valence-electron chi connectivity index (χ1n) is 9.58. The van der Waals surface area contributed by atoms with Gasteiger partial charge in [-0.1, -0.05) is 20.8 Å². The molecule has 4 atom stereocenters. The van der Waals surface area contributed by atoms with Crippen molar-refractivity contribution in [3.8, 4) is 0 Å². The highest BCUT2D eigenvalue weighted by atomic mass is 16.6. The van der Waals surface area contributed by atoms with Crippen LogP contribution in [0.1, 0.15) is 45.7 Å². The monoisotopic (exact) mass is 392 g/mol. The predicted molar refractivity (Wildman–Crippen MR) is 101 cm³/mol. The van der Waals surface area contributed by atoms with Crippen LogP contribution in [0.15, 0.2) is 12.3 Å². The number of hydrogen-bond acceptors (Lipinski definition) is 7. The maximum Gasteiger partial charge on any atom is 0.303 e. The number of carbonyl (C=O) groups is 2. The molecule has 0 aromatic carbocycles. The molecule has 3 rings (SSSR count). The molecule has 3 heterocycles. The molecule has 3 N–H and O–H groups in total. The van der Waals surface area contributed by atoms with Crippen LogP contribution in [-0.2, 0) is 24.5 Å². The number of nitrogens with zero attached hydrogens (tertiary/aromatic N) is 2. The lowest BCUT2D eigenvalue weighted by atomic mass is 9.92. The summed E-state index contributed by atoms with van der Waals surface area (Å²) in [6.07, 6.45) is 1.76. The summed E-state index contributed by atoms with van der Waals surface area (Å²) >= 11 is 0. The van der Waals surface area contributed by atoms with Crippen LogP contribution in [0.25, 0.3) is 0 Å². The average Bonchev–Trinajstić information content (AvgIpc) is 3.18. The van der Waals surface area contributed by atoms with Crippen molar-refractivity contribution in [1.29, 1.82) is 0 Å². The number of rotatable bonds is 7. The molecule has 0 aliphatic carbocycles. The van der Waals surface area contributed by atoms with E-state index in [-0.39, 0.29) is 48.5 Å². The fourth-order valence-electron chi connectivity index (χ4n) is 3.44. The van der Waals surface area contributed by atoms with Gasteiger partial charge in [-0.2, -0.15) is 0 Å². The Balaban J connectivity index is 1.54. The molecule has 0 bridgehead atoms. The van der Waals surface area contributed by atoms with Gasteiger partial charge in [0.1, 0.15) is 12.2 Å². The molecule has 0 spiro atoms. The number of carbonyl (C=O) groups excluding carboxylic acids is 1. The maximum absolute atomic E-state index is 12.0. The fourth-order valence-corrected chi connectivity index (χ4v) is 3.44. The van der Waals surface area contributed by atoms with E-state index >= 15 is 0 Å². The van der Waals surface area contributed by atoms with Crippen LogP contribution in [0.4, 0.5) is 5.95 Å². The second kappa shape index (κ2) is 8.40. The van der Waals surface area contributed by atoms with Crippen molar-refractivity contribution in [2.45, 2.75) is 69.7 Å². The molecule has 0 unspecified atom stereocenters. The highest BCUT2D eigenvalue weighted by molar-refractivity contribution is 5.77. The van der Waals surface area contributed by atoms with Crippen LogP contribution in [0.5, 0.6) is 0 Å². The van der Waals surface area contributed by atoms with E-state index in [9.17, 15) is 9.59 Å². The smallest absolute Gasteiger partial charge is 0.303 e. The van der Waals surface area contributed by atoms with Gasteiger partial charge >= 0.3 is 5.97 Å². The summed E-state index contributed by atoms with van der Waals surface area (Å²) in [7, 11) is 0. The Bertz CT molecular complexity index is 721. The lowest BCUT2D eigenvalue weighted by molar-refractivity contribution is -0.137. The number of hydrogen-bond donors (Lipinski definition) is 3. The molecule has 2 aliphatic rings. The van der Waals surface area contributed by atoms with Gasteiger partial charge in [-0.05, 0) is 12.5 Å². The first-order valence-corrected chi connectivity index (χ1v) is 9.58. The molecule has 1 aromatic rings. The average molecular weight is 392 g/mol. The molecule has 1 aromatic heterocycles. The molecular formula is C19H28N4O5. The molecule has 154 valence electrons. The van der Waals surface area contributed by atoms with Gasteiger partial charge in [-0.25, -0.2) is 9.97 Å². The van der Waals surface area contributed by atoms with Crippen LogP contribution in [0, 0.1) is 0 Å². The number of nitrogens with one attached hydrogen (secondary N) is 2. The molecule has 0 radical (unpaired) electrons. The normalized spacial score (nSPS) is 26.7. The van der Waals surface area contributed by atoms with E-state index in [0.717, 1.165) is 5.69 Å². The van der Waals surface area contributed by atoms with Crippen LogP contribution < -0.4 is 10.6 Å². The van der Waals surface area contributed by atoms with Crippen LogP contribution in [0.3, 0.4) is 0 Å². The van der Waals surface area contributed by atoms with E-state index in [4.69, 9.17) is 14.6 Å². The highest BCUT2D eigenvalue weighted by Crippen LogP contribution is 2.29. The number of carboxylic acids is 1. The first kappa shape index (κ1) is 20.5. The molecule has 9 heteroatoms. The zero-order valence-electron chi connectivity index (χ0n) is 16.5. The summed E-state index contributed by atoms with van der Waals surface area (Å²) in [6.45, 7) is 7.08. The number of aliphatic carboxylic acids is 1. The molecule has 28 heavy (non-hydrogen) atoms. The van der Waals surface area contributed by atoms with E-state index in [2.05, 4.69) is 41.4 Å². The third-order valence-electron chi connectivity index (χ3n) is 4.93. The number of carboxylic acid groups (broad SMARTS) is 1. The number of amides is 1. The lowest BCUT2D eigenvalue weighted by Gasteiger charge is -2.21. The van der Waals surface area contributed by atoms with E-state index in [1.807, 2.05) is 6.07 Å². The van der Waals surface area contributed by atoms with Crippen LogP contribution in [-0.4, -0.2) is 64.5 Å². The van der Waals surface area contributed by atoms with Crippen molar-refractivity contribution in [3.63, 3.8) is 0 Å². The molecule has 2 saturated heterocycles. The number of fused-ring (bicyclic) bond motifs is 1. The molecule has 2 fully saturated rings. The fraction of sp³-hybridized carbons (Fsp3) is 0.684. The highest BCUT2D eigenvalue weighted by Gasteiger charge is 2.48. The van der Waals surface area contributed by atoms with Gasteiger partial charge in [0.05, 0.1) is 31.0 Å². The van der Waals surface area contributed by atoms with Crippen molar-refractivity contribution in [2.75, 3.05) is 18.5 Å². The zero-order chi connectivity index (χ0) is 20.3. The van der Waals surface area contributed by atoms with Crippen molar-refractivity contribution in [1.82, 2.24) is 15.3 Å². The van der Waals surface area contributed by atoms with Gasteiger partial charge in [-0.15, -0.1) is 0 Å². The summed E-state index contributed by atoms with van der Waals surface area (Å²) in [4.78, 5) is 31.5. The molecule has 1 amide bonds. The first-order chi connectivity index (χ1) is 13.2. The lowest BCUT2D eigenvalue weighted by Crippen LogP contribution is -2.44. The van der Waals surface area contributed by atoms with Crippen LogP contribution in [0.2, 0.25) is 0 Å². The summed E-state index contributed by atoms with van der Waals surface area (Å²) in [5, 5.41) is 14.8. The Hall–Kier alpha value is -2.26. The molecule has 0 saturated carbocycles. The third-order valence-corrected chi connectivity index (χ3v) is 4.93. The second-order valence-electron chi connectivity index (χ2n) is 8.28. The van der Waals surface area contributed by atoms with E-state index in [1.165, 1.54) is 0 Å². The molecule has 9 nitrogen and oxygen atoms in total. The minimum absolute atomic E-state index is 0.0171. The van der Waals surface area contributed by atoms with Gasteiger partial charge in [-0.3, -0.25) is 9.59 Å². The summed E-state index contributed by atoms with van der Waals surface area (Å²) in [5.41, 5.74) is 0.868. The topological polar surface area (TPSA) is 123 Å². The number of ether oxygens (including phenoxy) is 2. The number of anilines is 1. The van der Waals surface area contributed by atoms with Gasteiger partial charge < -0.3 is 25.2 Å². The Morgan fingerprint density at radius 3 is 2.54 bits per heavy atom. The SMILES string of the molecule is CC(C)(C)c1ccnc(N[C@@H]2CO[C@@H]3[C@@H]2OC[C@@H]3NC(=O)CCCC(=O)O)n1. The minimum atomic E-state index is -0.900. The number of aromatic nitrogens is 2. The molecule has 2 aliphatic heterocycles. The van der Waals surface area contributed by atoms with Gasteiger partial charge in [0.25, 0.3) is 0 Å². The van der Waals surface area contributed by atoms with Crippen molar-refractivity contribution >= 4 is 17.8 Å². The molecular weight excluding hydrogens is 364 g/mol. The van der Waals surface area contributed by atoms with E-state index in [0.29, 0.717) is 25.6 Å². The quantitative estimate of drug-likeness (QED) is 0.630. The Morgan fingerprint density at radius 2 is 1.86 bits per heavy atom. The van der Waals surface area contributed by atoms with Crippen molar-refractivity contribution < 1.29 is 24.2 Å². The zero-order valence-corrected chi connectivity index (χ0v) is 16.5. The Morgan fingerprint density at radius 1 is 1.18 bits per heavy atom. The van der Waals surface area contributed by atoms with Crippen molar-refractivity contribution in [3.05, 3.63) is 18.0 Å². The third kappa shape index (κ3) is 4.96. The standard InChI is InChI=1S/C19H28N4O5/c1-19(2,3)13-7-8-20-18(23-13)22-12-10-28-16-11(9-27-17(12)16)21-14(24)5-4-6-15(25)26/h7-8,11-12,16-17H,4-6,9-10H2,1-3H3,(H,21,24)(H,25,26)(H,20,22,23)/t11-,12+,16-,17+/m0/s1. The summed E-state index contributed by atoms with van der Waals surface area (Å²) < 4.78 is 11.7. The van der Waals surface area contributed by atoms with Crippen molar-refractivity contribution in [2.24, 2.45) is 0 Å².